The summed E-state index contributed by atoms with van der Waals surface area (Å²) in [7, 11) is 1.80. The Morgan fingerprint density at radius 3 is 0.917 bits per heavy atom. The lowest BCUT2D eigenvalue weighted by Gasteiger charge is -2.50. The Balaban J connectivity index is 4.95. The van der Waals surface area contributed by atoms with E-state index in [0.29, 0.717) is 0 Å². The van der Waals surface area contributed by atoms with Crippen LogP contribution < -0.4 is 0 Å². The minimum absolute atomic E-state index is 0.0833. The lowest BCUT2D eigenvalue weighted by molar-refractivity contribution is -0.148. The molecule has 0 aromatic carbocycles. The summed E-state index contributed by atoms with van der Waals surface area (Å²) < 4.78 is 5.67. The molecular formula is C11H24O. The molecule has 0 saturated carbocycles. The van der Waals surface area contributed by atoms with Crippen molar-refractivity contribution in [3.05, 3.63) is 0 Å². The van der Waals surface area contributed by atoms with Crippen molar-refractivity contribution >= 4 is 0 Å². The molecule has 0 rings (SSSR count). The van der Waals surface area contributed by atoms with Crippen LogP contribution in [-0.4, -0.2) is 12.7 Å². The second-order valence-corrected chi connectivity index (χ2v) is 5.74. The summed E-state index contributed by atoms with van der Waals surface area (Å²) in [4.78, 5) is 0. The Labute approximate surface area is 77.5 Å². The molecule has 74 valence electrons. The van der Waals surface area contributed by atoms with Crippen molar-refractivity contribution in [2.45, 2.75) is 54.1 Å². The van der Waals surface area contributed by atoms with Gasteiger partial charge in [0.2, 0.25) is 0 Å². The molecule has 0 aliphatic heterocycles. The highest BCUT2D eigenvalue weighted by Crippen LogP contribution is 2.45. The van der Waals surface area contributed by atoms with E-state index in [1.807, 2.05) is 0 Å². The average molecular weight is 172 g/mol. The van der Waals surface area contributed by atoms with Gasteiger partial charge in [-0.05, 0) is 17.8 Å². The van der Waals surface area contributed by atoms with E-state index in [2.05, 4.69) is 48.5 Å². The Bertz CT molecular complexity index is 131. The van der Waals surface area contributed by atoms with Crippen molar-refractivity contribution in [3.8, 4) is 0 Å². The molecule has 12 heavy (non-hydrogen) atoms. The van der Waals surface area contributed by atoms with E-state index in [4.69, 9.17) is 4.74 Å². The van der Waals surface area contributed by atoms with Crippen LogP contribution in [0.1, 0.15) is 48.5 Å². The molecule has 0 bridgehead atoms. The Kier molecular flexibility index (Phi) is 3.01. The molecule has 0 amide bonds. The van der Waals surface area contributed by atoms with Gasteiger partial charge in [0.05, 0.1) is 5.60 Å². The van der Waals surface area contributed by atoms with E-state index >= 15 is 0 Å². The lowest BCUT2D eigenvalue weighted by Crippen LogP contribution is -2.52. The summed E-state index contributed by atoms with van der Waals surface area (Å²) in [6, 6.07) is 0. The van der Waals surface area contributed by atoms with E-state index < -0.39 is 0 Å². The summed E-state index contributed by atoms with van der Waals surface area (Å²) >= 11 is 0. The smallest absolute Gasteiger partial charge is 0.0746 e. The molecule has 1 nitrogen and oxygen atoms in total. The minimum atomic E-state index is -0.0833. The van der Waals surface area contributed by atoms with Crippen molar-refractivity contribution in [1.29, 1.82) is 0 Å². The number of rotatable bonds is 1. The average Bonchev–Trinajstić information content (AvgIpc) is 1.81. The standard InChI is InChI=1S/C11H24O/c1-9(2,3)11(7,12-8)10(4,5)6/h1-8H3. The molecule has 0 N–H and O–H groups in total. The van der Waals surface area contributed by atoms with Gasteiger partial charge in [0.15, 0.2) is 0 Å². The summed E-state index contributed by atoms with van der Waals surface area (Å²) in [6.45, 7) is 15.5. The number of ether oxygens (including phenoxy) is 1. The third kappa shape index (κ3) is 1.82. The molecule has 0 spiro atoms. The predicted octanol–water partition coefficient (Wildman–Crippen LogP) is 3.48. The molecule has 0 heterocycles. The normalized spacial score (nSPS) is 15.0. The highest BCUT2D eigenvalue weighted by Gasteiger charge is 2.46. The van der Waals surface area contributed by atoms with Crippen molar-refractivity contribution in [2.24, 2.45) is 10.8 Å². The van der Waals surface area contributed by atoms with Crippen LogP contribution in [0.5, 0.6) is 0 Å². The first kappa shape index (κ1) is 12.0. The molecular weight excluding hydrogens is 148 g/mol. The van der Waals surface area contributed by atoms with Gasteiger partial charge in [-0.1, -0.05) is 41.5 Å². The van der Waals surface area contributed by atoms with Gasteiger partial charge >= 0.3 is 0 Å². The molecule has 0 aliphatic rings. The van der Waals surface area contributed by atoms with Gasteiger partial charge in [0.25, 0.3) is 0 Å². The molecule has 0 fully saturated rings. The van der Waals surface area contributed by atoms with Gasteiger partial charge in [-0.15, -0.1) is 0 Å². The maximum Gasteiger partial charge on any atom is 0.0746 e. The molecule has 0 aromatic rings. The predicted molar refractivity (Wildman–Crippen MR) is 54.3 cm³/mol. The SMILES string of the molecule is COC(C)(C(C)(C)C)C(C)(C)C. The fourth-order valence-electron chi connectivity index (χ4n) is 1.74. The first-order valence-corrected chi connectivity index (χ1v) is 4.61. The molecule has 0 atom stereocenters. The zero-order valence-corrected chi connectivity index (χ0v) is 9.91. The quantitative estimate of drug-likeness (QED) is 0.588. The zero-order valence-electron chi connectivity index (χ0n) is 9.91. The maximum absolute atomic E-state index is 5.67. The third-order valence-corrected chi connectivity index (χ3v) is 3.27. The van der Waals surface area contributed by atoms with Crippen LogP contribution in [0.3, 0.4) is 0 Å². The fourth-order valence-corrected chi connectivity index (χ4v) is 1.74. The third-order valence-electron chi connectivity index (χ3n) is 3.27. The highest BCUT2D eigenvalue weighted by atomic mass is 16.5. The molecule has 0 saturated heterocycles. The Morgan fingerprint density at radius 2 is 0.917 bits per heavy atom. The number of hydrogen-bond acceptors (Lipinski definition) is 1. The van der Waals surface area contributed by atoms with Crippen LogP contribution >= 0.6 is 0 Å². The van der Waals surface area contributed by atoms with Crippen LogP contribution in [0.15, 0.2) is 0 Å². The molecule has 0 unspecified atom stereocenters. The van der Waals surface area contributed by atoms with E-state index in [9.17, 15) is 0 Å². The second-order valence-electron chi connectivity index (χ2n) is 5.74. The first-order valence-electron chi connectivity index (χ1n) is 4.61. The lowest BCUT2D eigenvalue weighted by atomic mass is 9.63. The minimum Gasteiger partial charge on any atom is -0.377 e. The summed E-state index contributed by atoms with van der Waals surface area (Å²) in [5.74, 6) is 0. The first-order chi connectivity index (χ1) is 5.06. The van der Waals surface area contributed by atoms with Crippen LogP contribution in [-0.2, 0) is 4.74 Å². The number of hydrogen-bond donors (Lipinski definition) is 0. The summed E-state index contributed by atoms with van der Waals surface area (Å²) in [5.41, 5.74) is 0.250. The van der Waals surface area contributed by atoms with Crippen LogP contribution in [0.4, 0.5) is 0 Å². The molecule has 1 heteroatoms. The Hall–Kier alpha value is -0.0400. The van der Waals surface area contributed by atoms with Gasteiger partial charge in [-0.2, -0.15) is 0 Å². The van der Waals surface area contributed by atoms with E-state index in [0.717, 1.165) is 0 Å². The van der Waals surface area contributed by atoms with Crippen molar-refractivity contribution in [2.75, 3.05) is 7.11 Å². The van der Waals surface area contributed by atoms with Gasteiger partial charge in [-0.25, -0.2) is 0 Å². The Morgan fingerprint density at radius 1 is 0.667 bits per heavy atom. The molecule has 0 aliphatic carbocycles. The van der Waals surface area contributed by atoms with E-state index in [1.54, 1.807) is 7.11 Å². The van der Waals surface area contributed by atoms with E-state index in [1.165, 1.54) is 0 Å². The van der Waals surface area contributed by atoms with Gasteiger partial charge < -0.3 is 4.74 Å². The molecule has 0 radical (unpaired) electrons. The van der Waals surface area contributed by atoms with Gasteiger partial charge in [0, 0.05) is 7.11 Å². The largest absolute Gasteiger partial charge is 0.377 e. The topological polar surface area (TPSA) is 9.23 Å². The maximum atomic E-state index is 5.67. The van der Waals surface area contributed by atoms with Crippen LogP contribution in [0.25, 0.3) is 0 Å². The van der Waals surface area contributed by atoms with Gasteiger partial charge in [-0.3, -0.25) is 0 Å². The highest BCUT2D eigenvalue weighted by molar-refractivity contribution is 4.97. The zero-order chi connectivity index (χ0) is 10.2. The van der Waals surface area contributed by atoms with E-state index in [-0.39, 0.29) is 16.4 Å². The van der Waals surface area contributed by atoms with Crippen molar-refractivity contribution in [1.82, 2.24) is 0 Å². The monoisotopic (exact) mass is 172 g/mol. The van der Waals surface area contributed by atoms with Crippen molar-refractivity contribution in [3.63, 3.8) is 0 Å². The van der Waals surface area contributed by atoms with Crippen LogP contribution in [0.2, 0.25) is 0 Å². The number of methoxy groups -OCH3 is 1. The van der Waals surface area contributed by atoms with Crippen molar-refractivity contribution < 1.29 is 4.74 Å². The summed E-state index contributed by atoms with van der Waals surface area (Å²) in [5, 5.41) is 0. The second kappa shape index (κ2) is 3.02. The summed E-state index contributed by atoms with van der Waals surface area (Å²) in [6.07, 6.45) is 0. The van der Waals surface area contributed by atoms with Gasteiger partial charge in [0.1, 0.15) is 0 Å². The fraction of sp³-hybridized carbons (Fsp3) is 1.00. The molecule has 0 aromatic heterocycles. The van der Waals surface area contributed by atoms with Crippen LogP contribution in [0, 0.1) is 10.8 Å².